The monoisotopic (exact) mass is 590 g/mol. The maximum atomic E-state index is 12.4. The number of rotatable bonds is 24. The minimum absolute atomic E-state index is 0.00569. The van der Waals surface area contributed by atoms with Crippen LogP contribution in [0.15, 0.2) is 0 Å². The van der Waals surface area contributed by atoms with Gasteiger partial charge in [-0.15, -0.1) is 0 Å². The van der Waals surface area contributed by atoms with Crippen LogP contribution < -0.4 is 0 Å². The lowest BCUT2D eigenvalue weighted by Gasteiger charge is -2.20. The smallest absolute Gasteiger partial charge is 0.336 e. The van der Waals surface area contributed by atoms with Crippen LogP contribution in [0.4, 0.5) is 0 Å². The summed E-state index contributed by atoms with van der Waals surface area (Å²) >= 11 is 0. The van der Waals surface area contributed by atoms with Gasteiger partial charge in [-0.05, 0) is 48.6 Å². The van der Waals surface area contributed by atoms with E-state index in [4.69, 9.17) is 0 Å². The van der Waals surface area contributed by atoms with Crippen molar-refractivity contribution in [2.24, 2.45) is 11.8 Å². The predicted octanol–water partition coefficient (Wildman–Crippen LogP) is 9.12. The second kappa shape index (κ2) is 20.1. The van der Waals surface area contributed by atoms with Crippen molar-refractivity contribution in [3.05, 3.63) is 33.4 Å². The van der Waals surface area contributed by atoms with Crippen LogP contribution in [0.25, 0.3) is 0 Å². The van der Waals surface area contributed by atoms with Crippen molar-refractivity contribution in [1.29, 1.82) is 0 Å². The van der Waals surface area contributed by atoms with Crippen molar-refractivity contribution >= 4 is 23.9 Å². The molecule has 8 heteroatoms. The first-order chi connectivity index (χ1) is 19.9. The van der Waals surface area contributed by atoms with E-state index >= 15 is 0 Å². The number of carboxylic acid groups (broad SMARTS) is 4. The Balaban J connectivity index is 3.09. The molecule has 0 fully saturated rings. The summed E-state index contributed by atoms with van der Waals surface area (Å²) in [7, 11) is 0. The normalized spacial score (nSPS) is 11.4. The van der Waals surface area contributed by atoms with Crippen molar-refractivity contribution in [2.45, 2.75) is 143 Å². The lowest BCUT2D eigenvalue weighted by molar-refractivity contribution is 0.0632. The van der Waals surface area contributed by atoms with E-state index in [0.717, 1.165) is 51.4 Å². The number of hydrogen-bond donors (Lipinski definition) is 4. The van der Waals surface area contributed by atoms with Crippen molar-refractivity contribution in [1.82, 2.24) is 0 Å². The molecule has 0 saturated carbocycles. The third-order valence-corrected chi connectivity index (χ3v) is 7.98. The molecule has 1 aromatic rings. The number of benzene rings is 1. The van der Waals surface area contributed by atoms with Gasteiger partial charge in [0.15, 0.2) is 0 Å². The first-order valence-corrected chi connectivity index (χ1v) is 16.0. The van der Waals surface area contributed by atoms with E-state index in [1.54, 1.807) is 0 Å². The Bertz CT molecular complexity index is 891. The standard InChI is InChI=1S/C34H54O8/c1-23(2)19-15-11-7-5-9-13-17-21-25-27(31(35)36)29(33(39)40)26(30(34(41)42)28(25)32(37)38)22-18-14-10-6-8-12-16-20-24(3)4/h23-24H,5-22H2,1-4H3,(H,35,36)(H,37,38)(H,39,40)(H,41,42). The van der Waals surface area contributed by atoms with Crippen molar-refractivity contribution in [3.63, 3.8) is 0 Å². The van der Waals surface area contributed by atoms with Gasteiger partial charge in [0.2, 0.25) is 0 Å². The fourth-order valence-electron chi connectivity index (χ4n) is 5.77. The summed E-state index contributed by atoms with van der Waals surface area (Å²) < 4.78 is 0. The fraction of sp³-hybridized carbons (Fsp3) is 0.706. The summed E-state index contributed by atoms with van der Waals surface area (Å²) in [6, 6.07) is 0. The zero-order chi connectivity index (χ0) is 31.7. The van der Waals surface area contributed by atoms with E-state index in [1.165, 1.54) is 25.7 Å². The molecule has 0 aliphatic carbocycles. The molecule has 0 spiro atoms. The van der Waals surface area contributed by atoms with Gasteiger partial charge in [-0.1, -0.05) is 118 Å². The highest BCUT2D eigenvalue weighted by Crippen LogP contribution is 2.32. The molecule has 238 valence electrons. The molecule has 0 aliphatic heterocycles. The molecule has 0 unspecified atom stereocenters. The van der Waals surface area contributed by atoms with Gasteiger partial charge in [-0.3, -0.25) is 0 Å². The van der Waals surface area contributed by atoms with Gasteiger partial charge in [0.05, 0.1) is 22.3 Å². The second-order valence-corrected chi connectivity index (χ2v) is 12.5. The first kappa shape index (κ1) is 37.1. The highest BCUT2D eigenvalue weighted by molar-refractivity contribution is 6.12. The quantitative estimate of drug-likeness (QED) is 0.0871. The number of hydrogen-bond acceptors (Lipinski definition) is 4. The molecule has 0 aromatic heterocycles. The van der Waals surface area contributed by atoms with Crippen LogP contribution in [-0.4, -0.2) is 44.3 Å². The molecular weight excluding hydrogens is 536 g/mol. The highest BCUT2D eigenvalue weighted by Gasteiger charge is 2.35. The zero-order valence-electron chi connectivity index (χ0n) is 26.3. The van der Waals surface area contributed by atoms with E-state index in [-0.39, 0.29) is 24.0 Å². The lowest BCUT2D eigenvalue weighted by Crippen LogP contribution is -2.24. The summed E-state index contributed by atoms with van der Waals surface area (Å²) in [5.74, 6) is -4.82. The molecule has 0 atom stereocenters. The van der Waals surface area contributed by atoms with Crippen molar-refractivity contribution < 1.29 is 39.6 Å². The summed E-state index contributed by atoms with van der Waals surface area (Å²) in [6.45, 7) is 8.80. The van der Waals surface area contributed by atoms with Gasteiger partial charge in [0.1, 0.15) is 0 Å². The Labute approximate surface area is 251 Å². The van der Waals surface area contributed by atoms with Gasteiger partial charge < -0.3 is 20.4 Å². The molecule has 1 rings (SSSR count). The predicted molar refractivity (Wildman–Crippen MR) is 165 cm³/mol. The van der Waals surface area contributed by atoms with Crippen LogP contribution in [0.5, 0.6) is 0 Å². The van der Waals surface area contributed by atoms with Crippen molar-refractivity contribution in [3.8, 4) is 0 Å². The van der Waals surface area contributed by atoms with Crippen LogP contribution in [0.1, 0.15) is 183 Å². The van der Waals surface area contributed by atoms with Crippen LogP contribution in [0.3, 0.4) is 0 Å². The number of unbranched alkanes of at least 4 members (excludes halogenated alkanes) is 12. The van der Waals surface area contributed by atoms with Crippen molar-refractivity contribution in [2.75, 3.05) is 0 Å². The third-order valence-electron chi connectivity index (χ3n) is 7.98. The van der Waals surface area contributed by atoms with Crippen LogP contribution in [0.2, 0.25) is 0 Å². The summed E-state index contributed by atoms with van der Waals surface area (Å²) in [5, 5.41) is 40.2. The van der Waals surface area contributed by atoms with E-state index in [2.05, 4.69) is 27.7 Å². The largest absolute Gasteiger partial charge is 0.478 e. The summed E-state index contributed by atoms with van der Waals surface area (Å²) in [5.41, 5.74) is -2.74. The molecule has 0 aliphatic rings. The van der Waals surface area contributed by atoms with E-state index in [0.29, 0.717) is 37.5 Å². The SMILES string of the molecule is CC(C)CCCCCCCCCc1c(C(=O)O)c(C(=O)O)c(CCCCCCCCCC(C)C)c(C(=O)O)c1C(=O)O. The fourth-order valence-corrected chi connectivity index (χ4v) is 5.77. The molecule has 0 saturated heterocycles. The Hall–Kier alpha value is -2.90. The Morgan fingerprint density at radius 1 is 0.405 bits per heavy atom. The molecule has 1 aromatic carbocycles. The highest BCUT2D eigenvalue weighted by atomic mass is 16.4. The number of aromatic carboxylic acids is 4. The second-order valence-electron chi connectivity index (χ2n) is 12.5. The average molecular weight is 591 g/mol. The summed E-state index contributed by atoms with van der Waals surface area (Å²) in [6.07, 6.45) is 15.3. The Morgan fingerprint density at radius 2 is 0.619 bits per heavy atom. The Kier molecular flexibility index (Phi) is 17.8. The van der Waals surface area contributed by atoms with E-state index in [9.17, 15) is 39.6 Å². The summed E-state index contributed by atoms with van der Waals surface area (Å²) in [4.78, 5) is 49.5. The average Bonchev–Trinajstić information content (AvgIpc) is 2.89. The zero-order valence-corrected chi connectivity index (χ0v) is 26.3. The van der Waals surface area contributed by atoms with Gasteiger partial charge in [-0.2, -0.15) is 0 Å². The maximum absolute atomic E-state index is 12.4. The topological polar surface area (TPSA) is 149 Å². The molecule has 8 nitrogen and oxygen atoms in total. The van der Waals surface area contributed by atoms with Gasteiger partial charge in [-0.25, -0.2) is 19.2 Å². The van der Waals surface area contributed by atoms with E-state index in [1.807, 2.05) is 0 Å². The molecule has 42 heavy (non-hydrogen) atoms. The van der Waals surface area contributed by atoms with Gasteiger partial charge in [0.25, 0.3) is 0 Å². The molecular formula is C34H54O8. The molecule has 0 amide bonds. The van der Waals surface area contributed by atoms with E-state index < -0.39 is 46.1 Å². The molecule has 4 N–H and O–H groups in total. The number of carboxylic acids is 4. The maximum Gasteiger partial charge on any atom is 0.336 e. The van der Waals surface area contributed by atoms with Crippen LogP contribution >= 0.6 is 0 Å². The number of carbonyl (C=O) groups is 4. The molecule has 0 heterocycles. The molecule has 0 bridgehead atoms. The lowest BCUT2D eigenvalue weighted by atomic mass is 9.82. The van der Waals surface area contributed by atoms with Crippen LogP contribution in [0, 0.1) is 11.8 Å². The minimum atomic E-state index is -1.55. The minimum Gasteiger partial charge on any atom is -0.478 e. The van der Waals surface area contributed by atoms with Crippen LogP contribution in [-0.2, 0) is 12.8 Å². The third kappa shape index (κ3) is 13.0. The first-order valence-electron chi connectivity index (χ1n) is 16.0. The van der Waals surface area contributed by atoms with Gasteiger partial charge >= 0.3 is 23.9 Å². The Morgan fingerprint density at radius 3 is 0.833 bits per heavy atom. The van der Waals surface area contributed by atoms with Gasteiger partial charge in [0, 0.05) is 0 Å². The molecule has 0 radical (unpaired) electrons.